The molecule has 0 saturated heterocycles. The normalized spacial score (nSPS) is 18.3. The van der Waals surface area contributed by atoms with Crippen molar-refractivity contribution in [2.24, 2.45) is 0 Å². The Morgan fingerprint density at radius 3 is 2.79 bits per heavy atom. The Bertz CT molecular complexity index is 958. The van der Waals surface area contributed by atoms with E-state index in [1.165, 1.54) is 0 Å². The van der Waals surface area contributed by atoms with Gasteiger partial charge in [-0.05, 0) is 43.7 Å². The second kappa shape index (κ2) is 8.53. The summed E-state index contributed by atoms with van der Waals surface area (Å²) in [5.74, 6) is -0.0726. The first kappa shape index (κ1) is 19.3. The lowest BCUT2D eigenvalue weighted by Crippen LogP contribution is -2.34. The molecule has 0 spiro atoms. The van der Waals surface area contributed by atoms with Gasteiger partial charge in [-0.3, -0.25) is 19.9 Å². The first-order valence-corrected chi connectivity index (χ1v) is 9.92. The number of nitrogens with zero attached hydrogens (tertiary/aromatic N) is 4. The molecule has 0 bridgehead atoms. The summed E-state index contributed by atoms with van der Waals surface area (Å²) in [6.07, 6.45) is 6.59. The fourth-order valence-electron chi connectivity index (χ4n) is 3.76. The highest BCUT2D eigenvalue weighted by molar-refractivity contribution is 5.94. The molecule has 4 rings (SSSR count). The first-order valence-electron chi connectivity index (χ1n) is 9.92. The zero-order valence-electron chi connectivity index (χ0n) is 16.7. The van der Waals surface area contributed by atoms with Crippen molar-refractivity contribution in [3.63, 3.8) is 0 Å². The van der Waals surface area contributed by atoms with E-state index in [2.05, 4.69) is 20.2 Å². The number of carbonyl (C=O) groups excluding carboxylic acids is 1. The third-order valence-corrected chi connectivity index (χ3v) is 5.21. The number of H-pyrrole nitrogens is 1. The largest absolute Gasteiger partial charge is 0.369 e. The van der Waals surface area contributed by atoms with Crippen LogP contribution in [-0.2, 0) is 24.1 Å². The first-order chi connectivity index (χ1) is 14.1. The van der Waals surface area contributed by atoms with E-state index >= 15 is 0 Å². The van der Waals surface area contributed by atoms with E-state index in [-0.39, 0.29) is 18.1 Å². The van der Waals surface area contributed by atoms with Crippen molar-refractivity contribution in [2.45, 2.75) is 45.4 Å². The molecule has 1 aliphatic rings. The quantitative estimate of drug-likeness (QED) is 0.698. The number of aromatic amines is 1. The van der Waals surface area contributed by atoms with Crippen LogP contribution in [0.25, 0.3) is 0 Å². The minimum atomic E-state index is -0.0926. The molecule has 0 saturated carbocycles. The van der Waals surface area contributed by atoms with E-state index in [9.17, 15) is 4.79 Å². The Morgan fingerprint density at radius 2 is 2.03 bits per heavy atom. The number of hydrogen-bond acceptors (Lipinski definition) is 5. The van der Waals surface area contributed by atoms with Crippen LogP contribution in [0.1, 0.15) is 53.0 Å². The fourth-order valence-corrected chi connectivity index (χ4v) is 3.76. The van der Waals surface area contributed by atoms with Gasteiger partial charge in [0.2, 0.25) is 0 Å². The van der Waals surface area contributed by atoms with Crippen LogP contribution in [0.15, 0.2) is 48.9 Å². The van der Waals surface area contributed by atoms with Gasteiger partial charge in [-0.25, -0.2) is 0 Å². The van der Waals surface area contributed by atoms with E-state index in [1.54, 1.807) is 18.6 Å². The number of nitrogens with one attached hydrogen (secondary N) is 1. The predicted molar refractivity (Wildman–Crippen MR) is 108 cm³/mol. The van der Waals surface area contributed by atoms with Gasteiger partial charge in [0.25, 0.3) is 5.91 Å². The summed E-state index contributed by atoms with van der Waals surface area (Å²) in [5, 5.41) is 7.40. The van der Waals surface area contributed by atoms with Crippen LogP contribution in [0.2, 0.25) is 0 Å². The van der Waals surface area contributed by atoms with Crippen molar-refractivity contribution in [1.29, 1.82) is 0 Å². The topological polar surface area (TPSA) is 84.0 Å². The van der Waals surface area contributed by atoms with Crippen LogP contribution in [0.4, 0.5) is 0 Å². The number of hydrogen-bond donors (Lipinski definition) is 1. The van der Waals surface area contributed by atoms with Crippen LogP contribution in [0, 0.1) is 0 Å². The molecule has 29 heavy (non-hydrogen) atoms. The van der Waals surface area contributed by atoms with E-state index in [4.69, 9.17) is 4.74 Å². The Balaban J connectivity index is 1.59. The Kier molecular flexibility index (Phi) is 5.67. The molecule has 0 aliphatic carbocycles. The third kappa shape index (κ3) is 4.35. The minimum Gasteiger partial charge on any atom is -0.369 e. The molecule has 1 N–H and O–H groups in total. The number of pyridine rings is 2. The van der Waals surface area contributed by atoms with Crippen molar-refractivity contribution in [1.82, 2.24) is 25.1 Å². The van der Waals surface area contributed by atoms with E-state index in [1.807, 2.05) is 49.1 Å². The highest BCUT2D eigenvalue weighted by Gasteiger charge is 2.31. The maximum Gasteiger partial charge on any atom is 0.274 e. The maximum atomic E-state index is 13.5. The van der Waals surface area contributed by atoms with Gasteiger partial charge in [0.1, 0.15) is 0 Å². The SMILES string of the molecule is C[C@@H]1Cc2c(C(=O)N(CCc3ccccn3)Cc3ccncc3)n[nH]c2[C@H](C)O1. The van der Waals surface area contributed by atoms with E-state index in [0.717, 1.165) is 22.5 Å². The zero-order valence-corrected chi connectivity index (χ0v) is 16.7. The average molecular weight is 391 g/mol. The summed E-state index contributed by atoms with van der Waals surface area (Å²) in [6, 6.07) is 9.69. The lowest BCUT2D eigenvalue weighted by Gasteiger charge is -2.26. The summed E-state index contributed by atoms with van der Waals surface area (Å²) < 4.78 is 5.86. The molecule has 3 aromatic rings. The number of aromatic nitrogens is 4. The van der Waals surface area contributed by atoms with Crippen LogP contribution >= 0.6 is 0 Å². The summed E-state index contributed by atoms with van der Waals surface area (Å²) in [5.41, 5.74) is 4.36. The van der Waals surface area contributed by atoms with Crippen LogP contribution in [0.3, 0.4) is 0 Å². The highest BCUT2D eigenvalue weighted by atomic mass is 16.5. The molecule has 3 aromatic heterocycles. The molecule has 0 radical (unpaired) electrons. The second-order valence-electron chi connectivity index (χ2n) is 7.41. The molecule has 4 heterocycles. The van der Waals surface area contributed by atoms with Gasteiger partial charge in [-0.1, -0.05) is 6.07 Å². The lowest BCUT2D eigenvalue weighted by atomic mass is 9.99. The third-order valence-electron chi connectivity index (χ3n) is 5.21. The van der Waals surface area contributed by atoms with E-state index < -0.39 is 0 Å². The van der Waals surface area contributed by atoms with Gasteiger partial charge >= 0.3 is 0 Å². The fraction of sp³-hybridized carbons (Fsp3) is 0.364. The number of rotatable bonds is 6. The van der Waals surface area contributed by atoms with Gasteiger partial charge < -0.3 is 9.64 Å². The number of carbonyl (C=O) groups is 1. The van der Waals surface area contributed by atoms with Gasteiger partial charge in [0.05, 0.1) is 17.9 Å². The number of fused-ring (bicyclic) bond motifs is 1. The molecular weight excluding hydrogens is 366 g/mol. The van der Waals surface area contributed by atoms with Crippen molar-refractivity contribution < 1.29 is 9.53 Å². The van der Waals surface area contributed by atoms with Crippen LogP contribution < -0.4 is 0 Å². The molecule has 2 atom stereocenters. The van der Waals surface area contributed by atoms with Crippen LogP contribution in [0.5, 0.6) is 0 Å². The van der Waals surface area contributed by atoms with Gasteiger partial charge in [0.15, 0.2) is 5.69 Å². The zero-order chi connectivity index (χ0) is 20.2. The molecule has 0 unspecified atom stereocenters. The van der Waals surface area contributed by atoms with Gasteiger partial charge in [-0.15, -0.1) is 0 Å². The minimum absolute atomic E-state index is 0.0591. The van der Waals surface area contributed by atoms with Crippen molar-refractivity contribution >= 4 is 5.91 Å². The second-order valence-corrected chi connectivity index (χ2v) is 7.41. The lowest BCUT2D eigenvalue weighted by molar-refractivity contribution is -0.00702. The number of amides is 1. The molecule has 0 aromatic carbocycles. The highest BCUT2D eigenvalue weighted by Crippen LogP contribution is 2.30. The standard InChI is InChI=1S/C22H25N5O2/c1-15-13-19-20(16(2)29-15)25-26-21(19)22(28)27(14-17-6-10-23-11-7-17)12-8-18-5-3-4-9-24-18/h3-7,9-11,15-16H,8,12-14H2,1-2H3,(H,25,26)/t15-,16+/m1/s1. The molecular formula is C22H25N5O2. The smallest absolute Gasteiger partial charge is 0.274 e. The number of ether oxygens (including phenoxy) is 1. The van der Waals surface area contributed by atoms with Crippen LogP contribution in [-0.4, -0.2) is 43.6 Å². The molecule has 0 fully saturated rings. The van der Waals surface area contributed by atoms with Crippen molar-refractivity contribution in [2.75, 3.05) is 6.54 Å². The average Bonchev–Trinajstić information content (AvgIpc) is 3.16. The summed E-state index contributed by atoms with van der Waals surface area (Å²) in [4.78, 5) is 23.8. The molecule has 7 nitrogen and oxygen atoms in total. The van der Waals surface area contributed by atoms with Crippen molar-refractivity contribution in [3.8, 4) is 0 Å². The molecule has 1 amide bonds. The van der Waals surface area contributed by atoms with Gasteiger partial charge in [-0.2, -0.15) is 5.10 Å². The monoisotopic (exact) mass is 391 g/mol. The molecule has 1 aliphatic heterocycles. The van der Waals surface area contributed by atoms with Gasteiger partial charge in [0, 0.05) is 55.8 Å². The molecule has 150 valence electrons. The predicted octanol–water partition coefficient (Wildman–Crippen LogP) is 3.11. The summed E-state index contributed by atoms with van der Waals surface area (Å²) in [7, 11) is 0. The summed E-state index contributed by atoms with van der Waals surface area (Å²) >= 11 is 0. The van der Waals surface area contributed by atoms with E-state index in [0.29, 0.717) is 31.6 Å². The maximum absolute atomic E-state index is 13.5. The Morgan fingerprint density at radius 1 is 1.21 bits per heavy atom. The van der Waals surface area contributed by atoms with Crippen molar-refractivity contribution in [3.05, 3.63) is 77.1 Å². The Hall–Kier alpha value is -3.06. The summed E-state index contributed by atoms with van der Waals surface area (Å²) in [6.45, 7) is 5.06. The molecule has 7 heteroatoms. The Labute approximate surface area is 170 Å².